The molecule has 2 aromatic carbocycles. The molecular weight excluding hydrogens is 308 g/mol. The number of benzene rings is 2. The Kier molecular flexibility index (Phi) is 4.14. The fourth-order valence-corrected chi connectivity index (χ4v) is 3.25. The van der Waals surface area contributed by atoms with Crippen LogP contribution in [0.3, 0.4) is 0 Å². The molecule has 3 aromatic rings. The smallest absolute Gasteiger partial charge is 0.117 e. The van der Waals surface area contributed by atoms with E-state index >= 15 is 0 Å². The summed E-state index contributed by atoms with van der Waals surface area (Å²) in [5.74, 6) is 0.274. The van der Waals surface area contributed by atoms with Gasteiger partial charge in [0.1, 0.15) is 5.75 Å². The first kappa shape index (κ1) is 15.6. The van der Waals surface area contributed by atoms with Crippen molar-refractivity contribution in [3.63, 3.8) is 0 Å². The number of aryl methyl sites for hydroxylation is 2. The summed E-state index contributed by atoms with van der Waals surface area (Å²) in [5, 5.41) is 14.4. The summed E-state index contributed by atoms with van der Waals surface area (Å²) in [5.41, 5.74) is 6.84. The van der Waals surface area contributed by atoms with Crippen LogP contribution in [-0.2, 0) is 12.8 Å². The van der Waals surface area contributed by atoms with E-state index in [1.54, 1.807) is 12.1 Å². The number of phenolic OH excluding ortho intramolecular Hbond substituents is 1. The zero-order valence-electron chi connectivity index (χ0n) is 13.0. The maximum atomic E-state index is 9.69. The summed E-state index contributed by atoms with van der Waals surface area (Å²) in [4.78, 5) is 4.83. The number of anilines is 2. The number of hydrogen-bond donors (Lipinski definition) is 2. The lowest BCUT2D eigenvalue weighted by Gasteiger charge is -2.15. The predicted molar refractivity (Wildman–Crippen MR) is 97.1 cm³/mol. The van der Waals surface area contributed by atoms with E-state index in [9.17, 15) is 5.11 Å². The Morgan fingerprint density at radius 3 is 2.78 bits per heavy atom. The highest BCUT2D eigenvalue weighted by molar-refractivity contribution is 5.96. The first-order chi connectivity index (χ1) is 10.7. The Hall–Kier alpha value is -2.26. The SMILES string of the molecule is Cc1ccc2nc3c(c(Nc4cccc(O)c4)c2c1)CCC3.Cl. The lowest BCUT2D eigenvalue weighted by Crippen LogP contribution is -2.00. The topological polar surface area (TPSA) is 45.2 Å². The van der Waals surface area contributed by atoms with Gasteiger partial charge in [0, 0.05) is 22.8 Å². The molecule has 0 atom stereocenters. The van der Waals surface area contributed by atoms with Crippen LogP contribution in [0.1, 0.15) is 23.2 Å². The number of pyridine rings is 1. The zero-order chi connectivity index (χ0) is 15.1. The molecule has 0 unspecified atom stereocenters. The number of fused-ring (bicyclic) bond motifs is 2. The van der Waals surface area contributed by atoms with Gasteiger partial charge in [-0.25, -0.2) is 0 Å². The fraction of sp³-hybridized carbons (Fsp3) is 0.211. The second-order valence-electron chi connectivity index (χ2n) is 5.96. The van der Waals surface area contributed by atoms with E-state index in [0.29, 0.717) is 0 Å². The molecule has 0 radical (unpaired) electrons. The Bertz CT molecular complexity index is 877. The summed E-state index contributed by atoms with van der Waals surface area (Å²) in [6.07, 6.45) is 3.27. The molecule has 118 valence electrons. The van der Waals surface area contributed by atoms with Gasteiger partial charge in [-0.1, -0.05) is 17.7 Å². The summed E-state index contributed by atoms with van der Waals surface area (Å²) >= 11 is 0. The molecule has 3 nitrogen and oxygen atoms in total. The van der Waals surface area contributed by atoms with Gasteiger partial charge < -0.3 is 10.4 Å². The first-order valence-electron chi connectivity index (χ1n) is 7.69. The first-order valence-corrected chi connectivity index (χ1v) is 7.69. The minimum absolute atomic E-state index is 0. The van der Waals surface area contributed by atoms with Crippen LogP contribution in [0.4, 0.5) is 11.4 Å². The molecule has 1 aromatic heterocycles. The van der Waals surface area contributed by atoms with Crippen molar-refractivity contribution in [3.05, 3.63) is 59.3 Å². The van der Waals surface area contributed by atoms with Crippen molar-refractivity contribution in [3.8, 4) is 5.75 Å². The van der Waals surface area contributed by atoms with Crippen LogP contribution >= 0.6 is 12.4 Å². The molecule has 1 heterocycles. The van der Waals surface area contributed by atoms with Gasteiger partial charge >= 0.3 is 0 Å². The monoisotopic (exact) mass is 326 g/mol. The largest absolute Gasteiger partial charge is 0.508 e. The molecule has 1 aliphatic carbocycles. The van der Waals surface area contributed by atoms with Crippen LogP contribution in [-0.4, -0.2) is 10.1 Å². The summed E-state index contributed by atoms with van der Waals surface area (Å²) < 4.78 is 0. The molecule has 4 heteroatoms. The van der Waals surface area contributed by atoms with Crippen molar-refractivity contribution in [1.29, 1.82) is 0 Å². The molecular formula is C19H19ClN2O. The van der Waals surface area contributed by atoms with Crippen molar-refractivity contribution < 1.29 is 5.11 Å². The van der Waals surface area contributed by atoms with Crippen molar-refractivity contribution in [1.82, 2.24) is 4.98 Å². The highest BCUT2D eigenvalue weighted by Gasteiger charge is 2.19. The van der Waals surface area contributed by atoms with Crippen molar-refractivity contribution in [2.45, 2.75) is 26.2 Å². The highest BCUT2D eigenvalue weighted by atomic mass is 35.5. The third kappa shape index (κ3) is 2.84. The molecule has 0 fully saturated rings. The van der Waals surface area contributed by atoms with Gasteiger partial charge in [0.05, 0.1) is 11.2 Å². The Labute approximate surface area is 141 Å². The minimum atomic E-state index is 0. The quantitative estimate of drug-likeness (QED) is 0.703. The lowest BCUT2D eigenvalue weighted by molar-refractivity contribution is 0.475. The van der Waals surface area contributed by atoms with Crippen LogP contribution in [0.15, 0.2) is 42.5 Å². The molecule has 0 aliphatic heterocycles. The third-order valence-electron chi connectivity index (χ3n) is 4.28. The average molecular weight is 327 g/mol. The van der Waals surface area contributed by atoms with E-state index in [0.717, 1.165) is 41.5 Å². The molecule has 23 heavy (non-hydrogen) atoms. The summed E-state index contributed by atoms with van der Waals surface area (Å²) in [6, 6.07) is 13.7. The van der Waals surface area contributed by atoms with Crippen LogP contribution in [0, 0.1) is 6.92 Å². The Morgan fingerprint density at radius 1 is 1.09 bits per heavy atom. The van der Waals surface area contributed by atoms with E-state index in [4.69, 9.17) is 4.98 Å². The molecule has 0 spiro atoms. The van der Waals surface area contributed by atoms with Crippen LogP contribution < -0.4 is 5.32 Å². The number of nitrogens with one attached hydrogen (secondary N) is 1. The number of aromatic hydroxyl groups is 1. The number of nitrogens with zero attached hydrogens (tertiary/aromatic N) is 1. The number of rotatable bonds is 2. The van der Waals surface area contributed by atoms with Crippen molar-refractivity contribution >= 4 is 34.7 Å². The zero-order valence-corrected chi connectivity index (χ0v) is 13.8. The Balaban J connectivity index is 0.00000156. The van der Waals surface area contributed by atoms with Gasteiger partial charge in [0.2, 0.25) is 0 Å². The van der Waals surface area contributed by atoms with Gasteiger partial charge in [0.25, 0.3) is 0 Å². The maximum absolute atomic E-state index is 9.69. The standard InChI is InChI=1S/C19H18N2O.ClH/c1-12-8-9-18-16(10-12)19(15-6-3-7-17(15)21-18)20-13-4-2-5-14(22)11-13;/h2,4-5,8-11,22H,3,6-7H2,1H3,(H,20,21);1H. The third-order valence-corrected chi connectivity index (χ3v) is 4.28. The van der Waals surface area contributed by atoms with Gasteiger partial charge in [0.15, 0.2) is 0 Å². The van der Waals surface area contributed by atoms with Gasteiger partial charge in [-0.2, -0.15) is 0 Å². The molecule has 0 amide bonds. The highest BCUT2D eigenvalue weighted by Crippen LogP contribution is 2.36. The minimum Gasteiger partial charge on any atom is -0.508 e. The fourth-order valence-electron chi connectivity index (χ4n) is 3.25. The van der Waals surface area contributed by atoms with Crippen LogP contribution in [0.2, 0.25) is 0 Å². The summed E-state index contributed by atoms with van der Waals surface area (Å²) in [6.45, 7) is 2.10. The van der Waals surface area contributed by atoms with E-state index in [2.05, 4.69) is 30.4 Å². The maximum Gasteiger partial charge on any atom is 0.117 e. The molecule has 1 aliphatic rings. The van der Waals surface area contributed by atoms with E-state index < -0.39 is 0 Å². The van der Waals surface area contributed by atoms with E-state index in [-0.39, 0.29) is 18.2 Å². The Morgan fingerprint density at radius 2 is 1.96 bits per heavy atom. The average Bonchev–Trinajstić information content (AvgIpc) is 2.96. The number of halogens is 1. The van der Waals surface area contributed by atoms with E-state index in [1.165, 1.54) is 16.8 Å². The molecule has 0 saturated carbocycles. The number of aromatic nitrogens is 1. The second kappa shape index (κ2) is 6.09. The van der Waals surface area contributed by atoms with E-state index in [1.807, 2.05) is 12.1 Å². The lowest BCUT2D eigenvalue weighted by atomic mass is 10.0. The van der Waals surface area contributed by atoms with Crippen LogP contribution in [0.25, 0.3) is 10.9 Å². The van der Waals surface area contributed by atoms with Gasteiger partial charge in [-0.15, -0.1) is 12.4 Å². The molecule has 0 saturated heterocycles. The molecule has 2 N–H and O–H groups in total. The number of phenols is 1. The van der Waals surface area contributed by atoms with Crippen molar-refractivity contribution in [2.75, 3.05) is 5.32 Å². The van der Waals surface area contributed by atoms with Crippen LogP contribution in [0.5, 0.6) is 5.75 Å². The molecule has 0 bridgehead atoms. The number of hydrogen-bond acceptors (Lipinski definition) is 3. The normalized spacial score (nSPS) is 12.7. The predicted octanol–water partition coefficient (Wildman–Crippen LogP) is 4.90. The van der Waals surface area contributed by atoms with Gasteiger partial charge in [-0.05, 0) is 56.0 Å². The van der Waals surface area contributed by atoms with Crippen molar-refractivity contribution in [2.24, 2.45) is 0 Å². The second-order valence-corrected chi connectivity index (χ2v) is 5.96. The molecule has 4 rings (SSSR count). The van der Waals surface area contributed by atoms with Gasteiger partial charge in [-0.3, -0.25) is 4.98 Å². The summed E-state index contributed by atoms with van der Waals surface area (Å²) in [7, 11) is 0.